The van der Waals surface area contributed by atoms with Gasteiger partial charge >= 0.3 is 6.09 Å². The third-order valence-corrected chi connectivity index (χ3v) is 5.04. The molecule has 0 aromatic rings. The molecule has 0 aromatic carbocycles. The molecule has 7 heteroatoms. The Balaban J connectivity index is 1.84. The average molecular weight is 337 g/mol. The Morgan fingerprint density at radius 2 is 1.90 bits per heavy atom. The first-order chi connectivity index (χ1) is 9.45. The molecule has 2 unspecified atom stereocenters. The van der Waals surface area contributed by atoms with Gasteiger partial charge in [0.05, 0.1) is 5.41 Å². The zero-order valence-corrected chi connectivity index (χ0v) is 14.3. The van der Waals surface area contributed by atoms with Gasteiger partial charge in [-0.1, -0.05) is 0 Å². The van der Waals surface area contributed by atoms with Crippen LogP contribution in [0.3, 0.4) is 0 Å². The Kier molecular flexibility index (Phi) is 4.13. The van der Waals surface area contributed by atoms with E-state index in [9.17, 15) is 9.59 Å². The molecule has 120 valence electrons. The Hall–Kier alpha value is -0.680. The van der Waals surface area contributed by atoms with Crippen molar-refractivity contribution in [3.63, 3.8) is 0 Å². The smallest absolute Gasteiger partial charge is 0.410 e. The van der Waals surface area contributed by atoms with Gasteiger partial charge in [-0.3, -0.25) is 4.79 Å². The predicted molar refractivity (Wildman–Crippen MR) is 81.5 cm³/mol. The number of alkyl halides is 2. The standard InChI is InChI=1S/C14H22Cl2N2O3/c1-12(2,3)21-11(20)18-6-5-9(7-18)17-10(19)13(4)8-14(13,15)16/h9H,5-8H2,1-4H3,(H,17,19). The molecule has 1 N–H and O–H groups in total. The number of nitrogens with one attached hydrogen (secondary N) is 1. The molecule has 2 aliphatic rings. The molecule has 1 aliphatic heterocycles. The topological polar surface area (TPSA) is 58.6 Å². The summed E-state index contributed by atoms with van der Waals surface area (Å²) in [6.45, 7) is 8.26. The van der Waals surface area contributed by atoms with E-state index in [1.807, 2.05) is 20.8 Å². The Labute approximate surface area is 135 Å². The summed E-state index contributed by atoms with van der Waals surface area (Å²) in [5, 5.41) is 2.93. The second-order valence-corrected chi connectivity index (χ2v) is 8.58. The summed E-state index contributed by atoms with van der Waals surface area (Å²) in [4.78, 5) is 25.8. The van der Waals surface area contributed by atoms with Gasteiger partial charge in [-0.2, -0.15) is 0 Å². The quantitative estimate of drug-likeness (QED) is 0.788. The highest BCUT2D eigenvalue weighted by Crippen LogP contribution is 2.63. The molecule has 0 radical (unpaired) electrons. The molecule has 1 heterocycles. The van der Waals surface area contributed by atoms with Crippen LogP contribution in [0.1, 0.15) is 40.5 Å². The van der Waals surface area contributed by atoms with Gasteiger partial charge in [0.2, 0.25) is 5.91 Å². The van der Waals surface area contributed by atoms with Crippen LogP contribution in [0.25, 0.3) is 0 Å². The van der Waals surface area contributed by atoms with Crippen molar-refractivity contribution in [3.8, 4) is 0 Å². The van der Waals surface area contributed by atoms with Crippen LogP contribution >= 0.6 is 23.2 Å². The van der Waals surface area contributed by atoms with Gasteiger partial charge in [0.25, 0.3) is 0 Å². The molecule has 1 saturated heterocycles. The fraction of sp³-hybridized carbons (Fsp3) is 0.857. The van der Waals surface area contributed by atoms with Crippen molar-refractivity contribution in [2.24, 2.45) is 5.41 Å². The van der Waals surface area contributed by atoms with E-state index in [1.165, 1.54) is 0 Å². The van der Waals surface area contributed by atoms with Gasteiger partial charge in [-0.15, -0.1) is 23.2 Å². The normalized spacial score (nSPS) is 31.0. The Bertz CT molecular complexity index is 462. The van der Waals surface area contributed by atoms with Crippen LogP contribution in [0.4, 0.5) is 4.79 Å². The Morgan fingerprint density at radius 3 is 2.38 bits per heavy atom. The van der Waals surface area contributed by atoms with Crippen molar-refractivity contribution in [2.45, 2.75) is 56.5 Å². The fourth-order valence-corrected chi connectivity index (χ4v) is 3.07. The number of ether oxygens (including phenoxy) is 1. The van der Waals surface area contributed by atoms with Crippen LogP contribution < -0.4 is 5.32 Å². The van der Waals surface area contributed by atoms with Crippen LogP contribution in [-0.2, 0) is 9.53 Å². The predicted octanol–water partition coefficient (Wildman–Crippen LogP) is 2.70. The number of rotatable bonds is 2. The summed E-state index contributed by atoms with van der Waals surface area (Å²) in [7, 11) is 0. The maximum Gasteiger partial charge on any atom is 0.410 e. The largest absolute Gasteiger partial charge is 0.444 e. The van der Waals surface area contributed by atoms with E-state index in [1.54, 1.807) is 11.8 Å². The number of carbonyl (C=O) groups excluding carboxylic acids is 2. The first-order valence-electron chi connectivity index (χ1n) is 7.11. The second kappa shape index (κ2) is 5.20. The summed E-state index contributed by atoms with van der Waals surface area (Å²) in [6, 6.07) is -0.0772. The van der Waals surface area contributed by atoms with Crippen molar-refractivity contribution in [2.75, 3.05) is 13.1 Å². The highest BCUT2D eigenvalue weighted by Gasteiger charge is 2.68. The summed E-state index contributed by atoms with van der Waals surface area (Å²) in [5.74, 6) is -0.150. The fourth-order valence-electron chi connectivity index (χ4n) is 2.36. The van der Waals surface area contributed by atoms with E-state index in [-0.39, 0.29) is 18.0 Å². The summed E-state index contributed by atoms with van der Waals surface area (Å²) in [6.07, 6.45) is 0.816. The SMILES string of the molecule is CC(C)(C)OC(=O)N1CCC(NC(=O)C2(C)CC2(Cl)Cl)C1. The highest BCUT2D eigenvalue weighted by atomic mass is 35.5. The molecule has 1 aliphatic carbocycles. The lowest BCUT2D eigenvalue weighted by Gasteiger charge is -2.24. The van der Waals surface area contributed by atoms with Gasteiger partial charge in [0.15, 0.2) is 0 Å². The molecule has 2 fully saturated rings. The van der Waals surface area contributed by atoms with Crippen molar-refractivity contribution in [3.05, 3.63) is 0 Å². The first-order valence-corrected chi connectivity index (χ1v) is 7.87. The Morgan fingerprint density at radius 1 is 1.33 bits per heavy atom. The molecule has 21 heavy (non-hydrogen) atoms. The molecular formula is C14H22Cl2N2O3. The van der Waals surface area contributed by atoms with E-state index in [0.29, 0.717) is 25.9 Å². The van der Waals surface area contributed by atoms with Gasteiger partial charge in [-0.25, -0.2) is 4.79 Å². The third-order valence-electron chi connectivity index (χ3n) is 3.93. The molecule has 0 spiro atoms. The summed E-state index contributed by atoms with van der Waals surface area (Å²) < 4.78 is 4.35. The zero-order chi connectivity index (χ0) is 16.1. The monoisotopic (exact) mass is 336 g/mol. The van der Waals surface area contributed by atoms with Crippen LogP contribution in [0.15, 0.2) is 0 Å². The van der Waals surface area contributed by atoms with Gasteiger partial charge in [0.1, 0.15) is 9.93 Å². The van der Waals surface area contributed by atoms with Crippen LogP contribution in [0, 0.1) is 5.41 Å². The molecule has 0 bridgehead atoms. The highest BCUT2D eigenvalue weighted by molar-refractivity contribution is 6.53. The van der Waals surface area contributed by atoms with Crippen molar-refractivity contribution < 1.29 is 14.3 Å². The molecule has 1 saturated carbocycles. The van der Waals surface area contributed by atoms with Crippen LogP contribution in [0.5, 0.6) is 0 Å². The lowest BCUT2D eigenvalue weighted by molar-refractivity contribution is -0.126. The number of likely N-dealkylation sites (tertiary alicyclic amines) is 1. The van der Waals surface area contributed by atoms with Crippen molar-refractivity contribution in [1.82, 2.24) is 10.2 Å². The van der Waals surface area contributed by atoms with Crippen LogP contribution in [-0.4, -0.2) is 46.0 Å². The molecule has 5 nitrogen and oxygen atoms in total. The van der Waals surface area contributed by atoms with Gasteiger partial charge < -0.3 is 15.0 Å². The van der Waals surface area contributed by atoms with Crippen molar-refractivity contribution in [1.29, 1.82) is 0 Å². The maximum absolute atomic E-state index is 12.2. The number of hydrogen-bond acceptors (Lipinski definition) is 3. The molecule has 2 atom stereocenters. The minimum absolute atomic E-state index is 0.0772. The second-order valence-electron chi connectivity index (χ2n) is 7.10. The number of halogens is 2. The average Bonchev–Trinajstić information content (AvgIpc) is 2.70. The summed E-state index contributed by atoms with van der Waals surface area (Å²) >= 11 is 12.0. The van der Waals surface area contributed by atoms with Gasteiger partial charge in [-0.05, 0) is 40.5 Å². The maximum atomic E-state index is 12.2. The van der Waals surface area contributed by atoms with Gasteiger partial charge in [0, 0.05) is 19.1 Å². The van der Waals surface area contributed by atoms with E-state index in [2.05, 4.69) is 5.32 Å². The van der Waals surface area contributed by atoms with E-state index in [4.69, 9.17) is 27.9 Å². The third kappa shape index (κ3) is 3.57. The van der Waals surface area contributed by atoms with E-state index in [0.717, 1.165) is 0 Å². The molecule has 2 rings (SSSR count). The zero-order valence-electron chi connectivity index (χ0n) is 12.8. The van der Waals surface area contributed by atoms with E-state index >= 15 is 0 Å². The first kappa shape index (κ1) is 16.7. The lowest BCUT2D eigenvalue weighted by atomic mass is 10.1. The molecule has 0 aromatic heterocycles. The number of amides is 2. The number of carbonyl (C=O) groups is 2. The minimum Gasteiger partial charge on any atom is -0.444 e. The number of hydrogen-bond donors (Lipinski definition) is 1. The minimum atomic E-state index is -0.972. The summed E-state index contributed by atoms with van der Waals surface area (Å²) in [5.41, 5.74) is -1.24. The molecular weight excluding hydrogens is 315 g/mol. The van der Waals surface area contributed by atoms with Crippen LogP contribution in [0.2, 0.25) is 0 Å². The molecule has 2 amide bonds. The van der Waals surface area contributed by atoms with Crippen molar-refractivity contribution >= 4 is 35.2 Å². The lowest BCUT2D eigenvalue weighted by Crippen LogP contribution is -2.43. The van der Waals surface area contributed by atoms with E-state index < -0.39 is 15.3 Å². The number of nitrogens with zero attached hydrogens (tertiary/aromatic N) is 1.